The number of hydrogen-bond acceptors (Lipinski definition) is 5. The Hall–Kier alpha value is -2.56. The summed E-state index contributed by atoms with van der Waals surface area (Å²) in [5.74, 6) is 1.82. The van der Waals surface area contributed by atoms with Gasteiger partial charge in [-0.1, -0.05) is 6.07 Å². The normalized spacial score (nSPS) is 18.0. The minimum atomic E-state index is 0.0661. The summed E-state index contributed by atoms with van der Waals surface area (Å²) in [5, 5.41) is 21.8. The van der Waals surface area contributed by atoms with Crippen LogP contribution in [0.1, 0.15) is 48.3 Å². The summed E-state index contributed by atoms with van der Waals surface area (Å²) in [5.41, 5.74) is 4.74. The van der Waals surface area contributed by atoms with Crippen molar-refractivity contribution in [2.75, 3.05) is 21.3 Å². The number of fused-ring (bicyclic) bond motifs is 2. The summed E-state index contributed by atoms with van der Waals surface area (Å²) < 4.78 is 16.7. The molecule has 0 saturated carbocycles. The molecule has 1 unspecified atom stereocenters. The first kappa shape index (κ1) is 17.8. The van der Waals surface area contributed by atoms with E-state index < -0.39 is 0 Å². The summed E-state index contributed by atoms with van der Waals surface area (Å²) in [6.45, 7) is 0. The molecule has 0 aliphatic heterocycles. The van der Waals surface area contributed by atoms with Gasteiger partial charge in [0, 0.05) is 16.7 Å². The van der Waals surface area contributed by atoms with Gasteiger partial charge in [0.2, 0.25) is 11.5 Å². The second kappa shape index (κ2) is 6.87. The third kappa shape index (κ3) is 2.59. The van der Waals surface area contributed by atoms with Gasteiger partial charge in [-0.2, -0.15) is 0 Å². The number of benzene rings is 2. The van der Waals surface area contributed by atoms with Crippen molar-refractivity contribution >= 4 is 0 Å². The van der Waals surface area contributed by atoms with Crippen molar-refractivity contribution in [2.24, 2.45) is 0 Å². The predicted molar refractivity (Wildman–Crippen MR) is 103 cm³/mol. The zero-order valence-electron chi connectivity index (χ0n) is 16.1. The molecule has 0 heterocycles. The van der Waals surface area contributed by atoms with Crippen molar-refractivity contribution in [1.29, 1.82) is 0 Å². The zero-order chi connectivity index (χ0) is 19.1. The number of methoxy groups -OCH3 is 3. The highest BCUT2D eigenvalue weighted by atomic mass is 16.5. The molecule has 144 valence electrons. The van der Waals surface area contributed by atoms with E-state index in [0.717, 1.165) is 42.4 Å². The molecule has 4 rings (SSSR count). The number of phenolic OH excluding ortho intramolecular Hbond substituents is 2. The van der Waals surface area contributed by atoms with Gasteiger partial charge in [-0.25, -0.2) is 0 Å². The molecule has 0 radical (unpaired) electrons. The fraction of sp³-hybridized carbons (Fsp3) is 0.455. The lowest BCUT2D eigenvalue weighted by atomic mass is 9.73. The summed E-state index contributed by atoms with van der Waals surface area (Å²) in [6.07, 6.45) is 5.99. The Balaban J connectivity index is 2.15. The standard InChI is InChI=1S/C22H26O5/c1-25-20-17-14(19(24)21(26-2)22(20)27-3)9-5-8-12-6-4-7-13-10-11-15(23)18(17)16(12)13/h10-12,23-24H,4-9H2,1-3H3. The molecule has 1 atom stereocenters. The molecule has 2 aromatic rings. The first-order chi connectivity index (χ1) is 13.1. The Labute approximate surface area is 159 Å². The van der Waals surface area contributed by atoms with Gasteiger partial charge in [-0.3, -0.25) is 0 Å². The first-order valence-corrected chi connectivity index (χ1v) is 9.51. The lowest BCUT2D eigenvalue weighted by Gasteiger charge is -2.32. The predicted octanol–water partition coefficient (Wildman–Crippen LogP) is 4.55. The van der Waals surface area contributed by atoms with E-state index in [4.69, 9.17) is 14.2 Å². The molecular formula is C22H26O5. The van der Waals surface area contributed by atoms with E-state index in [1.165, 1.54) is 31.8 Å². The van der Waals surface area contributed by atoms with E-state index in [1.807, 2.05) is 6.07 Å². The fourth-order valence-electron chi connectivity index (χ4n) is 4.89. The van der Waals surface area contributed by atoms with Crippen LogP contribution in [0.2, 0.25) is 0 Å². The minimum Gasteiger partial charge on any atom is -0.507 e. The average molecular weight is 370 g/mol. The molecule has 5 nitrogen and oxygen atoms in total. The van der Waals surface area contributed by atoms with Crippen LogP contribution >= 0.6 is 0 Å². The summed E-state index contributed by atoms with van der Waals surface area (Å²) in [4.78, 5) is 0. The van der Waals surface area contributed by atoms with Crippen molar-refractivity contribution in [2.45, 2.75) is 44.4 Å². The van der Waals surface area contributed by atoms with Crippen molar-refractivity contribution in [3.63, 3.8) is 0 Å². The molecule has 2 aliphatic rings. The van der Waals surface area contributed by atoms with Crippen LogP contribution in [0.5, 0.6) is 28.7 Å². The van der Waals surface area contributed by atoms with Crippen molar-refractivity contribution in [3.8, 4) is 39.9 Å². The average Bonchev–Trinajstić information content (AvgIpc) is 2.67. The smallest absolute Gasteiger partial charge is 0.207 e. The summed E-state index contributed by atoms with van der Waals surface area (Å²) in [6, 6.07) is 3.80. The van der Waals surface area contributed by atoms with Crippen LogP contribution in [0.15, 0.2) is 12.1 Å². The molecule has 0 amide bonds. The molecule has 0 fully saturated rings. The first-order valence-electron chi connectivity index (χ1n) is 9.51. The van der Waals surface area contributed by atoms with Gasteiger partial charge < -0.3 is 24.4 Å². The highest BCUT2D eigenvalue weighted by Gasteiger charge is 2.34. The molecule has 2 aromatic carbocycles. The second-order valence-corrected chi connectivity index (χ2v) is 7.32. The Morgan fingerprint density at radius 1 is 0.815 bits per heavy atom. The summed E-state index contributed by atoms with van der Waals surface area (Å²) in [7, 11) is 4.61. The maximum Gasteiger partial charge on any atom is 0.207 e. The van der Waals surface area contributed by atoms with Crippen LogP contribution in [-0.4, -0.2) is 31.5 Å². The molecule has 2 aliphatic carbocycles. The molecular weight excluding hydrogens is 344 g/mol. The number of hydrogen-bond donors (Lipinski definition) is 2. The molecule has 0 bridgehead atoms. The highest BCUT2D eigenvalue weighted by Crippen LogP contribution is 2.57. The van der Waals surface area contributed by atoms with Gasteiger partial charge in [0.25, 0.3) is 0 Å². The van der Waals surface area contributed by atoms with E-state index in [2.05, 4.69) is 0 Å². The van der Waals surface area contributed by atoms with Crippen LogP contribution in [0.25, 0.3) is 11.1 Å². The number of phenols is 2. The van der Waals surface area contributed by atoms with Crippen LogP contribution in [0, 0.1) is 0 Å². The van der Waals surface area contributed by atoms with Crippen molar-refractivity contribution in [1.82, 2.24) is 0 Å². The van der Waals surface area contributed by atoms with E-state index in [1.54, 1.807) is 13.2 Å². The van der Waals surface area contributed by atoms with Crippen molar-refractivity contribution in [3.05, 3.63) is 28.8 Å². The maximum absolute atomic E-state index is 11.0. The fourth-order valence-corrected chi connectivity index (χ4v) is 4.89. The Kier molecular flexibility index (Phi) is 4.54. The van der Waals surface area contributed by atoms with E-state index >= 15 is 0 Å². The third-order valence-corrected chi connectivity index (χ3v) is 6.00. The Morgan fingerprint density at radius 2 is 1.48 bits per heavy atom. The quantitative estimate of drug-likeness (QED) is 0.830. The van der Waals surface area contributed by atoms with Gasteiger partial charge in [0.15, 0.2) is 11.5 Å². The molecule has 2 N–H and O–H groups in total. The number of aromatic hydroxyl groups is 2. The Morgan fingerprint density at radius 3 is 2.15 bits per heavy atom. The van der Waals surface area contributed by atoms with E-state index in [0.29, 0.717) is 23.8 Å². The topological polar surface area (TPSA) is 68.2 Å². The molecule has 0 aromatic heterocycles. The van der Waals surface area contributed by atoms with E-state index in [9.17, 15) is 10.2 Å². The lowest BCUT2D eigenvalue weighted by molar-refractivity contribution is 0.309. The summed E-state index contributed by atoms with van der Waals surface area (Å²) >= 11 is 0. The van der Waals surface area contributed by atoms with Crippen LogP contribution in [0.4, 0.5) is 0 Å². The molecule has 0 spiro atoms. The van der Waals surface area contributed by atoms with Gasteiger partial charge in [0.1, 0.15) is 5.75 Å². The minimum absolute atomic E-state index is 0.0661. The van der Waals surface area contributed by atoms with E-state index in [-0.39, 0.29) is 17.2 Å². The molecule has 5 heteroatoms. The molecule has 0 saturated heterocycles. The van der Waals surface area contributed by atoms with Gasteiger partial charge >= 0.3 is 0 Å². The third-order valence-electron chi connectivity index (χ3n) is 6.00. The van der Waals surface area contributed by atoms with Gasteiger partial charge in [0.05, 0.1) is 21.3 Å². The Bertz CT molecular complexity index is 887. The van der Waals surface area contributed by atoms with Crippen molar-refractivity contribution < 1.29 is 24.4 Å². The number of rotatable bonds is 3. The SMILES string of the molecule is COc1c(O)c2c(c(OC)c1OC)-c1c(O)ccc3c1C(CCC3)CCC2. The van der Waals surface area contributed by atoms with Gasteiger partial charge in [-0.05, 0) is 61.6 Å². The van der Waals surface area contributed by atoms with Crippen LogP contribution in [-0.2, 0) is 12.8 Å². The zero-order valence-corrected chi connectivity index (χ0v) is 16.1. The monoisotopic (exact) mass is 370 g/mol. The highest BCUT2D eigenvalue weighted by molar-refractivity contribution is 5.88. The number of aryl methyl sites for hydroxylation is 1. The van der Waals surface area contributed by atoms with Crippen LogP contribution < -0.4 is 14.2 Å². The lowest BCUT2D eigenvalue weighted by Crippen LogP contribution is -2.15. The van der Waals surface area contributed by atoms with Crippen LogP contribution in [0.3, 0.4) is 0 Å². The largest absolute Gasteiger partial charge is 0.507 e. The van der Waals surface area contributed by atoms with Gasteiger partial charge in [-0.15, -0.1) is 0 Å². The molecule has 27 heavy (non-hydrogen) atoms. The second-order valence-electron chi connectivity index (χ2n) is 7.32. The number of ether oxygens (including phenoxy) is 3. The maximum atomic E-state index is 11.0.